The van der Waals surface area contributed by atoms with Gasteiger partial charge in [0.15, 0.2) is 0 Å². The summed E-state index contributed by atoms with van der Waals surface area (Å²) < 4.78 is 0. The van der Waals surface area contributed by atoms with Crippen LogP contribution in [0.3, 0.4) is 0 Å². The SMILES string of the molecule is CC[C@H](CC[C@@H](C)[C@@H]1CC[C@@H]2C3=CC=C4C[C@H](O)CC[C@]4(C)[C@H]3CC[C@]21C)C(C)C. The number of fused-ring (bicyclic) bond motifs is 5. The van der Waals surface area contributed by atoms with Gasteiger partial charge in [0.25, 0.3) is 0 Å². The Labute approximate surface area is 186 Å². The molecule has 30 heavy (non-hydrogen) atoms. The van der Waals surface area contributed by atoms with Crippen LogP contribution in [0.4, 0.5) is 0 Å². The first-order valence-corrected chi connectivity index (χ1v) is 13.3. The van der Waals surface area contributed by atoms with Crippen molar-refractivity contribution in [1.82, 2.24) is 0 Å². The summed E-state index contributed by atoms with van der Waals surface area (Å²) in [5.74, 6) is 5.03. The minimum absolute atomic E-state index is 0.109. The van der Waals surface area contributed by atoms with Crippen LogP contribution in [0.25, 0.3) is 0 Å². The molecule has 0 spiro atoms. The monoisotopic (exact) mass is 412 g/mol. The highest BCUT2D eigenvalue weighted by molar-refractivity contribution is 5.38. The minimum atomic E-state index is -0.109. The minimum Gasteiger partial charge on any atom is -0.393 e. The molecule has 1 nitrogen and oxygen atoms in total. The van der Waals surface area contributed by atoms with Gasteiger partial charge in [-0.1, -0.05) is 77.7 Å². The van der Waals surface area contributed by atoms with Gasteiger partial charge >= 0.3 is 0 Å². The lowest BCUT2D eigenvalue weighted by molar-refractivity contribution is 0.0315. The van der Waals surface area contributed by atoms with Gasteiger partial charge in [0, 0.05) is 0 Å². The summed E-state index contributed by atoms with van der Waals surface area (Å²) in [6.07, 6.45) is 17.8. The fraction of sp³-hybridized carbons (Fsp3) is 0.862. The normalized spacial score (nSPS) is 42.7. The average Bonchev–Trinajstić information content (AvgIpc) is 3.06. The summed E-state index contributed by atoms with van der Waals surface area (Å²) in [5, 5.41) is 10.2. The molecule has 3 saturated carbocycles. The zero-order valence-corrected chi connectivity index (χ0v) is 20.7. The number of aliphatic hydroxyl groups is 1. The molecule has 0 bridgehead atoms. The van der Waals surface area contributed by atoms with Crippen molar-refractivity contribution in [2.75, 3.05) is 0 Å². The molecule has 0 aromatic rings. The van der Waals surface area contributed by atoms with Gasteiger partial charge in [0.1, 0.15) is 0 Å². The van der Waals surface area contributed by atoms with Gasteiger partial charge in [-0.2, -0.15) is 0 Å². The highest BCUT2D eigenvalue weighted by atomic mass is 16.3. The van der Waals surface area contributed by atoms with E-state index in [-0.39, 0.29) is 6.10 Å². The molecule has 0 amide bonds. The summed E-state index contributed by atoms with van der Waals surface area (Å²) in [5.41, 5.74) is 4.17. The summed E-state index contributed by atoms with van der Waals surface area (Å²) >= 11 is 0. The van der Waals surface area contributed by atoms with E-state index in [1.54, 1.807) is 11.1 Å². The molecular weight excluding hydrogens is 364 g/mol. The lowest BCUT2D eigenvalue weighted by atomic mass is 9.50. The molecule has 0 heterocycles. The van der Waals surface area contributed by atoms with E-state index in [1.807, 2.05) is 0 Å². The smallest absolute Gasteiger partial charge is 0.0578 e. The number of allylic oxidation sites excluding steroid dienone is 3. The van der Waals surface area contributed by atoms with Crippen molar-refractivity contribution in [3.05, 3.63) is 23.3 Å². The average molecular weight is 413 g/mol. The van der Waals surface area contributed by atoms with Crippen LogP contribution >= 0.6 is 0 Å². The largest absolute Gasteiger partial charge is 0.393 e. The molecule has 3 fully saturated rings. The molecule has 1 N–H and O–H groups in total. The van der Waals surface area contributed by atoms with Crippen molar-refractivity contribution < 1.29 is 5.11 Å². The summed E-state index contributed by atoms with van der Waals surface area (Å²) in [4.78, 5) is 0. The Morgan fingerprint density at radius 3 is 2.43 bits per heavy atom. The summed E-state index contributed by atoms with van der Waals surface area (Å²) in [7, 11) is 0. The van der Waals surface area contributed by atoms with E-state index >= 15 is 0 Å². The Balaban J connectivity index is 1.51. The van der Waals surface area contributed by atoms with Gasteiger partial charge in [0.2, 0.25) is 0 Å². The van der Waals surface area contributed by atoms with Crippen molar-refractivity contribution >= 4 is 0 Å². The zero-order valence-electron chi connectivity index (χ0n) is 20.7. The molecule has 0 aliphatic heterocycles. The molecule has 0 aromatic heterocycles. The first-order chi connectivity index (χ1) is 14.2. The number of rotatable bonds is 6. The maximum atomic E-state index is 10.2. The zero-order chi connectivity index (χ0) is 21.7. The van der Waals surface area contributed by atoms with Crippen molar-refractivity contribution in [2.24, 2.45) is 46.3 Å². The number of hydrogen-bond donors (Lipinski definition) is 1. The topological polar surface area (TPSA) is 20.2 Å². The first-order valence-electron chi connectivity index (χ1n) is 13.3. The van der Waals surface area contributed by atoms with Crippen molar-refractivity contribution in [3.63, 3.8) is 0 Å². The fourth-order valence-corrected chi connectivity index (χ4v) is 8.65. The van der Waals surface area contributed by atoms with Crippen LogP contribution in [0.1, 0.15) is 106 Å². The molecule has 8 atom stereocenters. The first kappa shape index (κ1) is 22.6. The van der Waals surface area contributed by atoms with Crippen molar-refractivity contribution in [2.45, 2.75) is 112 Å². The quantitative estimate of drug-likeness (QED) is 0.469. The molecule has 0 saturated heterocycles. The van der Waals surface area contributed by atoms with E-state index in [0.717, 1.165) is 48.3 Å². The van der Waals surface area contributed by atoms with Gasteiger partial charge < -0.3 is 5.11 Å². The second kappa shape index (κ2) is 8.42. The Morgan fingerprint density at radius 2 is 1.73 bits per heavy atom. The second-order valence-corrected chi connectivity index (χ2v) is 12.5. The third kappa shape index (κ3) is 3.66. The van der Waals surface area contributed by atoms with E-state index in [1.165, 1.54) is 51.4 Å². The van der Waals surface area contributed by atoms with Gasteiger partial charge in [0.05, 0.1) is 6.10 Å². The molecular formula is C29H48O. The van der Waals surface area contributed by atoms with Gasteiger partial charge in [-0.25, -0.2) is 0 Å². The predicted octanol–water partition coefficient (Wildman–Crippen LogP) is 7.94. The maximum absolute atomic E-state index is 10.2. The van der Waals surface area contributed by atoms with Crippen LogP contribution in [0.2, 0.25) is 0 Å². The van der Waals surface area contributed by atoms with Crippen LogP contribution in [-0.2, 0) is 0 Å². The Morgan fingerprint density at radius 1 is 0.967 bits per heavy atom. The van der Waals surface area contributed by atoms with Crippen LogP contribution in [0.15, 0.2) is 23.3 Å². The van der Waals surface area contributed by atoms with Crippen LogP contribution in [0, 0.1) is 46.3 Å². The Bertz CT molecular complexity index is 686. The van der Waals surface area contributed by atoms with Crippen LogP contribution in [0.5, 0.6) is 0 Å². The molecule has 4 aliphatic rings. The van der Waals surface area contributed by atoms with Gasteiger partial charge in [-0.15, -0.1) is 0 Å². The Hall–Kier alpha value is -0.560. The highest BCUT2D eigenvalue weighted by Gasteiger charge is 2.56. The van der Waals surface area contributed by atoms with E-state index in [2.05, 4.69) is 53.7 Å². The van der Waals surface area contributed by atoms with Crippen LogP contribution in [-0.4, -0.2) is 11.2 Å². The Kier molecular flexibility index (Phi) is 6.35. The highest BCUT2D eigenvalue weighted by Crippen LogP contribution is 2.66. The lowest BCUT2D eigenvalue weighted by Crippen LogP contribution is -2.46. The molecule has 4 rings (SSSR count). The van der Waals surface area contributed by atoms with Gasteiger partial charge in [-0.3, -0.25) is 0 Å². The van der Waals surface area contributed by atoms with E-state index in [0.29, 0.717) is 10.8 Å². The van der Waals surface area contributed by atoms with E-state index < -0.39 is 0 Å². The third-order valence-electron chi connectivity index (χ3n) is 10.8. The van der Waals surface area contributed by atoms with Crippen LogP contribution < -0.4 is 0 Å². The van der Waals surface area contributed by atoms with Gasteiger partial charge in [-0.05, 0) is 97.7 Å². The number of aliphatic hydroxyl groups excluding tert-OH is 1. The maximum Gasteiger partial charge on any atom is 0.0578 e. The molecule has 170 valence electrons. The number of hydrogen-bond acceptors (Lipinski definition) is 1. The summed E-state index contributed by atoms with van der Waals surface area (Å²) in [6, 6.07) is 0. The standard InChI is InChI=1S/C29H48O/c1-7-21(19(2)3)9-8-20(4)25-12-13-26-24-11-10-22-18-23(30)14-16-28(22,5)27(24)15-17-29(25,26)6/h10-11,19-21,23,25-27,30H,7-9,12-18H2,1-6H3/t20-,21-,23-,25+,26-,27+,28+,29+/m1/s1. The van der Waals surface area contributed by atoms with Crippen molar-refractivity contribution in [1.29, 1.82) is 0 Å². The summed E-state index contributed by atoms with van der Waals surface area (Å²) in [6.45, 7) is 15.0. The third-order valence-corrected chi connectivity index (χ3v) is 10.8. The predicted molar refractivity (Wildman–Crippen MR) is 128 cm³/mol. The molecule has 0 unspecified atom stereocenters. The molecule has 0 radical (unpaired) electrons. The van der Waals surface area contributed by atoms with E-state index in [4.69, 9.17) is 0 Å². The second-order valence-electron chi connectivity index (χ2n) is 12.5. The molecule has 4 aliphatic carbocycles. The van der Waals surface area contributed by atoms with E-state index in [9.17, 15) is 5.11 Å². The lowest BCUT2D eigenvalue weighted by Gasteiger charge is -2.55. The van der Waals surface area contributed by atoms with Crippen molar-refractivity contribution in [3.8, 4) is 0 Å². The molecule has 1 heteroatoms. The fourth-order valence-electron chi connectivity index (χ4n) is 8.65. The molecule has 0 aromatic carbocycles.